The molecule has 2 aromatic heterocycles. The summed E-state index contributed by atoms with van der Waals surface area (Å²) in [5, 5.41) is 4.35. The molecule has 1 aromatic carbocycles. The molecular formula is C18H15Cl2N3OS. The number of benzene rings is 1. The molecule has 0 fully saturated rings. The van der Waals surface area contributed by atoms with Crippen LogP contribution < -0.4 is 5.32 Å². The molecule has 4 nitrogen and oxygen atoms in total. The molecule has 0 aliphatic rings. The standard InChI is InChI=1S/C18H15Cl2N3OS/c1-10(2)17(24)23-18-22-15(12-3-4-13(19)14(20)9-12)16(25-18)11-5-7-21-8-6-11/h3-10H,1-2H3,(H,22,23,24). The number of halogens is 2. The second-order valence-electron chi connectivity index (χ2n) is 5.71. The fraction of sp³-hybridized carbons (Fsp3) is 0.167. The molecule has 128 valence electrons. The summed E-state index contributed by atoms with van der Waals surface area (Å²) in [6.07, 6.45) is 3.44. The molecule has 25 heavy (non-hydrogen) atoms. The maximum Gasteiger partial charge on any atom is 0.228 e. The minimum absolute atomic E-state index is 0.0734. The van der Waals surface area contributed by atoms with Gasteiger partial charge in [-0.05, 0) is 29.8 Å². The van der Waals surface area contributed by atoms with E-state index in [1.54, 1.807) is 24.5 Å². The number of rotatable bonds is 4. The molecule has 7 heteroatoms. The Balaban J connectivity index is 2.10. The van der Waals surface area contributed by atoms with Crippen LogP contribution in [-0.2, 0) is 4.79 Å². The van der Waals surface area contributed by atoms with Crippen molar-refractivity contribution >= 4 is 45.6 Å². The van der Waals surface area contributed by atoms with Gasteiger partial charge >= 0.3 is 0 Å². The van der Waals surface area contributed by atoms with Gasteiger partial charge in [0, 0.05) is 23.9 Å². The topological polar surface area (TPSA) is 54.9 Å². The number of hydrogen-bond donors (Lipinski definition) is 1. The predicted octanol–water partition coefficient (Wildman–Crippen LogP) is 5.77. The van der Waals surface area contributed by atoms with Crippen LogP contribution in [0.15, 0.2) is 42.7 Å². The monoisotopic (exact) mass is 391 g/mol. The van der Waals surface area contributed by atoms with Gasteiger partial charge in [-0.25, -0.2) is 4.98 Å². The van der Waals surface area contributed by atoms with Gasteiger partial charge in [0.25, 0.3) is 0 Å². The summed E-state index contributed by atoms with van der Waals surface area (Å²) in [6.45, 7) is 3.68. The van der Waals surface area contributed by atoms with Crippen molar-refractivity contribution in [1.29, 1.82) is 0 Å². The minimum atomic E-state index is -0.123. The molecule has 0 saturated heterocycles. The third-order valence-electron chi connectivity index (χ3n) is 3.52. The molecule has 2 heterocycles. The molecular weight excluding hydrogens is 377 g/mol. The Bertz CT molecular complexity index is 910. The lowest BCUT2D eigenvalue weighted by atomic mass is 10.1. The molecule has 0 radical (unpaired) electrons. The van der Waals surface area contributed by atoms with Gasteiger partial charge in [0.15, 0.2) is 5.13 Å². The molecule has 0 atom stereocenters. The molecule has 0 saturated carbocycles. The summed E-state index contributed by atoms with van der Waals surface area (Å²) in [5.41, 5.74) is 2.55. The fourth-order valence-electron chi connectivity index (χ4n) is 2.16. The number of amides is 1. The second kappa shape index (κ2) is 7.52. The van der Waals surface area contributed by atoms with Gasteiger partial charge in [0.2, 0.25) is 5.91 Å². The van der Waals surface area contributed by atoms with E-state index in [1.165, 1.54) is 11.3 Å². The highest BCUT2D eigenvalue weighted by Gasteiger charge is 2.18. The van der Waals surface area contributed by atoms with Crippen molar-refractivity contribution in [2.75, 3.05) is 5.32 Å². The van der Waals surface area contributed by atoms with E-state index >= 15 is 0 Å². The molecule has 0 bridgehead atoms. The van der Waals surface area contributed by atoms with Crippen LogP contribution in [0.1, 0.15) is 13.8 Å². The van der Waals surface area contributed by atoms with Crippen molar-refractivity contribution in [2.45, 2.75) is 13.8 Å². The number of carbonyl (C=O) groups excluding carboxylic acids is 1. The number of thiazole rings is 1. The van der Waals surface area contributed by atoms with Gasteiger partial charge in [-0.15, -0.1) is 0 Å². The normalized spacial score (nSPS) is 10.9. The summed E-state index contributed by atoms with van der Waals surface area (Å²) in [6, 6.07) is 9.19. The first-order valence-electron chi connectivity index (χ1n) is 7.63. The molecule has 3 aromatic rings. The highest BCUT2D eigenvalue weighted by atomic mass is 35.5. The van der Waals surface area contributed by atoms with Gasteiger partial charge in [-0.1, -0.05) is 54.5 Å². The van der Waals surface area contributed by atoms with Crippen LogP contribution in [0.5, 0.6) is 0 Å². The zero-order valence-corrected chi connectivity index (χ0v) is 15.9. The Kier molecular flexibility index (Phi) is 5.37. The van der Waals surface area contributed by atoms with Gasteiger partial charge in [-0.2, -0.15) is 0 Å². The Morgan fingerprint density at radius 1 is 1.08 bits per heavy atom. The van der Waals surface area contributed by atoms with Crippen molar-refractivity contribution in [1.82, 2.24) is 9.97 Å². The number of anilines is 1. The minimum Gasteiger partial charge on any atom is -0.302 e. The van der Waals surface area contributed by atoms with Crippen molar-refractivity contribution in [2.24, 2.45) is 5.92 Å². The average molecular weight is 392 g/mol. The maximum absolute atomic E-state index is 12.0. The Labute approximate surface area is 159 Å². The average Bonchev–Trinajstić information content (AvgIpc) is 3.02. The largest absolute Gasteiger partial charge is 0.302 e. The molecule has 3 rings (SSSR count). The van der Waals surface area contributed by atoms with E-state index in [9.17, 15) is 4.79 Å². The smallest absolute Gasteiger partial charge is 0.228 e. The Hall–Kier alpha value is -1.95. The second-order valence-corrected chi connectivity index (χ2v) is 7.52. The first kappa shape index (κ1) is 17.9. The first-order valence-corrected chi connectivity index (χ1v) is 9.20. The number of nitrogens with one attached hydrogen (secondary N) is 1. The van der Waals surface area contributed by atoms with E-state index in [0.29, 0.717) is 15.2 Å². The van der Waals surface area contributed by atoms with Crippen LogP contribution in [0.4, 0.5) is 5.13 Å². The quantitative estimate of drug-likeness (QED) is 0.613. The molecule has 0 spiro atoms. The molecule has 1 N–H and O–H groups in total. The van der Waals surface area contributed by atoms with Gasteiger partial charge < -0.3 is 5.32 Å². The first-order chi connectivity index (χ1) is 12.0. The summed E-state index contributed by atoms with van der Waals surface area (Å²) >= 11 is 13.6. The Morgan fingerprint density at radius 3 is 2.44 bits per heavy atom. The Morgan fingerprint density at radius 2 is 1.80 bits per heavy atom. The van der Waals surface area contributed by atoms with E-state index < -0.39 is 0 Å². The highest BCUT2D eigenvalue weighted by Crippen LogP contribution is 2.40. The van der Waals surface area contributed by atoms with Crippen molar-refractivity contribution < 1.29 is 4.79 Å². The van der Waals surface area contributed by atoms with E-state index in [0.717, 1.165) is 21.7 Å². The van der Waals surface area contributed by atoms with Crippen molar-refractivity contribution in [3.05, 3.63) is 52.8 Å². The lowest BCUT2D eigenvalue weighted by Gasteiger charge is -2.04. The maximum atomic E-state index is 12.0. The summed E-state index contributed by atoms with van der Waals surface area (Å²) < 4.78 is 0. The lowest BCUT2D eigenvalue weighted by molar-refractivity contribution is -0.118. The third kappa shape index (κ3) is 4.00. The molecule has 0 unspecified atom stereocenters. The number of nitrogens with zero attached hydrogens (tertiary/aromatic N) is 2. The third-order valence-corrected chi connectivity index (χ3v) is 5.28. The van der Waals surface area contributed by atoms with Crippen LogP contribution in [-0.4, -0.2) is 15.9 Å². The van der Waals surface area contributed by atoms with Crippen LogP contribution in [0, 0.1) is 5.92 Å². The van der Waals surface area contributed by atoms with Crippen molar-refractivity contribution in [3.8, 4) is 21.7 Å². The summed E-state index contributed by atoms with van der Waals surface area (Å²) in [4.78, 5) is 21.6. The van der Waals surface area contributed by atoms with Gasteiger partial charge in [0.1, 0.15) is 0 Å². The summed E-state index contributed by atoms with van der Waals surface area (Å²) in [5.74, 6) is -0.197. The van der Waals surface area contributed by atoms with Crippen LogP contribution >= 0.6 is 34.5 Å². The molecule has 0 aliphatic carbocycles. The van der Waals surface area contributed by atoms with Crippen LogP contribution in [0.2, 0.25) is 10.0 Å². The van der Waals surface area contributed by atoms with E-state index in [-0.39, 0.29) is 11.8 Å². The van der Waals surface area contributed by atoms with Crippen LogP contribution in [0.25, 0.3) is 21.7 Å². The lowest BCUT2D eigenvalue weighted by Crippen LogP contribution is -2.17. The van der Waals surface area contributed by atoms with E-state index in [4.69, 9.17) is 23.2 Å². The van der Waals surface area contributed by atoms with Crippen molar-refractivity contribution in [3.63, 3.8) is 0 Å². The van der Waals surface area contributed by atoms with Gasteiger partial charge in [-0.3, -0.25) is 9.78 Å². The highest BCUT2D eigenvalue weighted by molar-refractivity contribution is 7.19. The summed E-state index contributed by atoms with van der Waals surface area (Å²) in [7, 11) is 0. The molecule has 0 aliphatic heterocycles. The number of pyridine rings is 1. The predicted molar refractivity (Wildman–Crippen MR) is 104 cm³/mol. The zero-order valence-electron chi connectivity index (χ0n) is 13.6. The number of carbonyl (C=O) groups is 1. The van der Waals surface area contributed by atoms with Gasteiger partial charge in [0.05, 0.1) is 20.6 Å². The zero-order chi connectivity index (χ0) is 18.0. The van der Waals surface area contributed by atoms with E-state index in [1.807, 2.05) is 32.0 Å². The van der Waals surface area contributed by atoms with Crippen LogP contribution in [0.3, 0.4) is 0 Å². The number of hydrogen-bond acceptors (Lipinski definition) is 4. The fourth-order valence-corrected chi connectivity index (χ4v) is 3.46. The SMILES string of the molecule is CC(C)C(=O)Nc1nc(-c2ccc(Cl)c(Cl)c2)c(-c2ccncc2)s1. The van der Waals surface area contributed by atoms with E-state index in [2.05, 4.69) is 15.3 Å². The number of aromatic nitrogens is 2. The molecule has 1 amide bonds.